The van der Waals surface area contributed by atoms with E-state index in [2.05, 4.69) is 20.8 Å². The van der Waals surface area contributed by atoms with Crippen LogP contribution in [0.1, 0.15) is 149 Å². The van der Waals surface area contributed by atoms with E-state index < -0.39 is 0 Å². The average molecular weight is 423 g/mol. The summed E-state index contributed by atoms with van der Waals surface area (Å²) in [7, 11) is 0. The molecule has 0 radical (unpaired) electrons. The van der Waals surface area contributed by atoms with Gasteiger partial charge >= 0.3 is 0 Å². The second-order valence-corrected chi connectivity index (χ2v) is 10.3. The Bertz CT molecular complexity index is 370. The van der Waals surface area contributed by atoms with E-state index in [1.165, 1.54) is 128 Å². The summed E-state index contributed by atoms with van der Waals surface area (Å²) in [5.41, 5.74) is 0. The van der Waals surface area contributed by atoms with E-state index in [1.807, 2.05) is 0 Å². The third-order valence-electron chi connectivity index (χ3n) is 7.64. The Hall–Kier alpha value is -0.0800. The zero-order chi connectivity index (χ0) is 21.4. The van der Waals surface area contributed by atoms with Crippen LogP contribution < -0.4 is 0 Å². The van der Waals surface area contributed by atoms with Crippen molar-refractivity contribution < 1.29 is 9.47 Å². The molecule has 4 unspecified atom stereocenters. The van der Waals surface area contributed by atoms with Gasteiger partial charge < -0.3 is 9.47 Å². The first-order valence-electron chi connectivity index (χ1n) is 14.1. The van der Waals surface area contributed by atoms with Gasteiger partial charge in [0.1, 0.15) is 0 Å². The molecule has 0 aromatic carbocycles. The summed E-state index contributed by atoms with van der Waals surface area (Å²) in [6.07, 6.45) is 28.9. The van der Waals surface area contributed by atoms with Gasteiger partial charge in [-0.25, -0.2) is 0 Å². The van der Waals surface area contributed by atoms with Crippen LogP contribution in [-0.2, 0) is 9.47 Å². The Morgan fingerprint density at radius 2 is 0.967 bits per heavy atom. The van der Waals surface area contributed by atoms with Gasteiger partial charge in [0.2, 0.25) is 0 Å². The second kappa shape index (κ2) is 16.5. The van der Waals surface area contributed by atoms with Crippen molar-refractivity contribution in [3.05, 3.63) is 0 Å². The second-order valence-electron chi connectivity index (χ2n) is 10.3. The van der Waals surface area contributed by atoms with Gasteiger partial charge in [0.25, 0.3) is 0 Å². The Balaban J connectivity index is 1.73. The highest BCUT2D eigenvalue weighted by atomic mass is 16.5. The number of hydrogen-bond acceptors (Lipinski definition) is 2. The maximum absolute atomic E-state index is 6.61. The zero-order valence-corrected chi connectivity index (χ0v) is 20.8. The molecule has 2 rings (SSSR count). The summed E-state index contributed by atoms with van der Waals surface area (Å²) < 4.78 is 13.2. The summed E-state index contributed by atoms with van der Waals surface area (Å²) in [5, 5.41) is 0. The van der Waals surface area contributed by atoms with Gasteiger partial charge in [-0.2, -0.15) is 0 Å². The van der Waals surface area contributed by atoms with E-state index in [0.717, 1.165) is 0 Å². The highest BCUT2D eigenvalue weighted by Crippen LogP contribution is 2.38. The largest absolute Gasteiger partial charge is 0.375 e. The van der Waals surface area contributed by atoms with E-state index in [0.29, 0.717) is 30.3 Å². The van der Waals surface area contributed by atoms with Gasteiger partial charge in [0.15, 0.2) is 0 Å². The van der Waals surface area contributed by atoms with Crippen molar-refractivity contribution in [1.82, 2.24) is 0 Å². The lowest BCUT2D eigenvalue weighted by Gasteiger charge is -2.29. The van der Waals surface area contributed by atoms with Crippen LogP contribution >= 0.6 is 0 Å². The normalized spacial score (nSPS) is 27.7. The minimum Gasteiger partial charge on any atom is -0.375 e. The van der Waals surface area contributed by atoms with Crippen LogP contribution in [0.3, 0.4) is 0 Å². The summed E-state index contributed by atoms with van der Waals surface area (Å²) in [6.45, 7) is 6.89. The molecule has 30 heavy (non-hydrogen) atoms. The van der Waals surface area contributed by atoms with Crippen molar-refractivity contribution in [1.29, 1.82) is 0 Å². The van der Waals surface area contributed by atoms with Gasteiger partial charge in [-0.05, 0) is 44.9 Å². The van der Waals surface area contributed by atoms with Gasteiger partial charge in [-0.15, -0.1) is 0 Å². The first-order valence-corrected chi connectivity index (χ1v) is 14.1. The highest BCUT2D eigenvalue weighted by molar-refractivity contribution is 4.88. The smallest absolute Gasteiger partial charge is 0.0632 e. The number of rotatable bonds is 18. The van der Waals surface area contributed by atoms with Crippen LogP contribution in [0.15, 0.2) is 0 Å². The Morgan fingerprint density at radius 3 is 1.43 bits per heavy atom. The monoisotopic (exact) mass is 422 g/mol. The molecule has 2 nitrogen and oxygen atoms in total. The Kier molecular flexibility index (Phi) is 14.4. The van der Waals surface area contributed by atoms with Crippen molar-refractivity contribution in [2.45, 2.75) is 174 Å². The highest BCUT2D eigenvalue weighted by Gasteiger charge is 2.39. The molecule has 2 fully saturated rings. The van der Waals surface area contributed by atoms with Crippen LogP contribution in [0.4, 0.5) is 0 Å². The summed E-state index contributed by atoms with van der Waals surface area (Å²) in [4.78, 5) is 0. The third-order valence-corrected chi connectivity index (χ3v) is 7.64. The minimum atomic E-state index is 0.468. The van der Waals surface area contributed by atoms with E-state index in [1.54, 1.807) is 0 Å². The molecule has 4 atom stereocenters. The molecule has 2 heterocycles. The van der Waals surface area contributed by atoms with E-state index in [4.69, 9.17) is 9.47 Å². The fourth-order valence-electron chi connectivity index (χ4n) is 5.69. The predicted octanol–water partition coefficient (Wildman–Crippen LogP) is 9.00. The van der Waals surface area contributed by atoms with Gasteiger partial charge in [-0.3, -0.25) is 0 Å². The molecule has 0 aromatic heterocycles. The van der Waals surface area contributed by atoms with Crippen molar-refractivity contribution in [3.8, 4) is 0 Å². The first-order chi connectivity index (χ1) is 14.8. The van der Waals surface area contributed by atoms with Gasteiger partial charge in [-0.1, -0.05) is 104 Å². The molecule has 2 heteroatoms. The molecule has 0 amide bonds. The summed E-state index contributed by atoms with van der Waals surface area (Å²) >= 11 is 0. The lowest BCUT2D eigenvalue weighted by molar-refractivity contribution is -0.0649. The number of hydrogen-bond donors (Lipinski definition) is 0. The molecule has 0 saturated carbocycles. The van der Waals surface area contributed by atoms with Crippen LogP contribution in [0.2, 0.25) is 0 Å². The fourth-order valence-corrected chi connectivity index (χ4v) is 5.69. The maximum Gasteiger partial charge on any atom is 0.0632 e. The molecule has 0 spiro atoms. The zero-order valence-electron chi connectivity index (χ0n) is 20.8. The Morgan fingerprint density at radius 1 is 0.533 bits per heavy atom. The predicted molar refractivity (Wildman–Crippen MR) is 130 cm³/mol. The van der Waals surface area contributed by atoms with E-state index in [9.17, 15) is 0 Å². The van der Waals surface area contributed by atoms with Gasteiger partial charge in [0.05, 0.1) is 24.4 Å². The quantitative estimate of drug-likeness (QED) is 0.205. The van der Waals surface area contributed by atoms with Crippen molar-refractivity contribution in [2.24, 2.45) is 5.92 Å². The van der Waals surface area contributed by atoms with Gasteiger partial charge in [0, 0.05) is 5.92 Å². The third kappa shape index (κ3) is 10.0. The summed E-state index contributed by atoms with van der Waals surface area (Å²) in [6, 6.07) is 0. The van der Waals surface area contributed by atoms with Crippen molar-refractivity contribution >= 4 is 0 Å². The summed E-state index contributed by atoms with van der Waals surface area (Å²) in [5.74, 6) is 0.646. The van der Waals surface area contributed by atoms with Crippen LogP contribution in [0, 0.1) is 5.92 Å². The molecule has 2 aliphatic rings. The topological polar surface area (TPSA) is 18.5 Å². The molecule has 0 N–H and O–H groups in total. The molecule has 0 bridgehead atoms. The van der Waals surface area contributed by atoms with Crippen LogP contribution in [-0.4, -0.2) is 24.4 Å². The maximum atomic E-state index is 6.61. The SMILES string of the molecule is CCCCCCCCCCCC(C1CCC(CCCC)O1)C1CCC(CCCC)O1. The lowest BCUT2D eigenvalue weighted by Crippen LogP contribution is -2.32. The Labute approximate surface area is 189 Å². The van der Waals surface area contributed by atoms with E-state index >= 15 is 0 Å². The molecule has 2 aliphatic heterocycles. The molecule has 178 valence electrons. The molecule has 0 aromatic rings. The standard InChI is InChI=1S/C28H54O2/c1-4-7-10-11-12-13-14-15-16-19-26(27-22-20-24(29-27)17-8-5-2)28-23-21-25(30-28)18-9-6-3/h24-28H,4-23H2,1-3H3. The lowest BCUT2D eigenvalue weighted by atomic mass is 9.87. The van der Waals surface area contributed by atoms with Crippen LogP contribution in [0.25, 0.3) is 0 Å². The molecular weight excluding hydrogens is 368 g/mol. The first kappa shape index (κ1) is 26.2. The molecular formula is C28H54O2. The number of unbranched alkanes of at least 4 members (excludes halogenated alkanes) is 10. The average Bonchev–Trinajstić information content (AvgIpc) is 3.42. The van der Waals surface area contributed by atoms with Crippen molar-refractivity contribution in [2.75, 3.05) is 0 Å². The minimum absolute atomic E-state index is 0.468. The molecule has 0 aliphatic carbocycles. The number of ether oxygens (including phenoxy) is 2. The van der Waals surface area contributed by atoms with E-state index in [-0.39, 0.29) is 0 Å². The van der Waals surface area contributed by atoms with Crippen molar-refractivity contribution in [3.63, 3.8) is 0 Å². The van der Waals surface area contributed by atoms with Crippen LogP contribution in [0.5, 0.6) is 0 Å². The fraction of sp³-hybridized carbons (Fsp3) is 1.00. The molecule has 2 saturated heterocycles.